The van der Waals surface area contributed by atoms with Crippen molar-refractivity contribution in [2.45, 2.75) is 39.5 Å². The molecule has 0 aromatic heterocycles. The summed E-state index contributed by atoms with van der Waals surface area (Å²) in [6, 6.07) is 22.2. The maximum Gasteiger partial charge on any atom is 0.305 e. The topological polar surface area (TPSA) is 73.9 Å². The van der Waals surface area contributed by atoms with Crippen LogP contribution in [0.4, 0.5) is 5.69 Å². The minimum absolute atomic E-state index is 0.253. The Kier molecular flexibility index (Phi) is 9.09. The quantitative estimate of drug-likeness (QED) is 0.258. The third-order valence-corrected chi connectivity index (χ3v) is 5.11. The van der Waals surface area contributed by atoms with Gasteiger partial charge in [-0.1, -0.05) is 38.1 Å². The van der Waals surface area contributed by atoms with Gasteiger partial charge in [0.15, 0.2) is 0 Å². The predicted molar refractivity (Wildman–Crippen MR) is 133 cm³/mol. The van der Waals surface area contributed by atoms with Gasteiger partial charge in [0, 0.05) is 12.1 Å². The van der Waals surface area contributed by atoms with E-state index in [0.29, 0.717) is 48.3 Å². The molecule has 1 amide bonds. The standard InChI is InChI=1S/C28H31NO5/c1-4-32-27(30)10-7-19-33-26-9-6-5-8-25(26)28(31)29-22-13-17-24(18-14-22)34-23-15-11-21(12-16-23)20(2)3/h5-6,8-9,11-18,20H,4,7,10,19H2,1-3H3,(H,29,31). The number of ether oxygens (including phenoxy) is 3. The van der Waals surface area contributed by atoms with Crippen molar-refractivity contribution in [1.82, 2.24) is 0 Å². The molecule has 0 saturated carbocycles. The van der Waals surface area contributed by atoms with E-state index in [4.69, 9.17) is 14.2 Å². The van der Waals surface area contributed by atoms with Crippen LogP contribution in [0.5, 0.6) is 17.2 Å². The summed E-state index contributed by atoms with van der Waals surface area (Å²) in [6.45, 7) is 6.75. The Hall–Kier alpha value is -3.80. The highest BCUT2D eigenvalue weighted by Crippen LogP contribution is 2.26. The molecule has 178 valence electrons. The van der Waals surface area contributed by atoms with Crippen LogP contribution < -0.4 is 14.8 Å². The van der Waals surface area contributed by atoms with Crippen LogP contribution in [-0.2, 0) is 9.53 Å². The largest absolute Gasteiger partial charge is 0.493 e. The summed E-state index contributed by atoms with van der Waals surface area (Å²) in [6.07, 6.45) is 0.787. The van der Waals surface area contributed by atoms with Crippen LogP contribution in [-0.4, -0.2) is 25.1 Å². The van der Waals surface area contributed by atoms with E-state index in [1.54, 1.807) is 43.3 Å². The van der Waals surface area contributed by atoms with Gasteiger partial charge in [0.1, 0.15) is 17.2 Å². The van der Waals surface area contributed by atoms with E-state index in [2.05, 4.69) is 31.3 Å². The van der Waals surface area contributed by atoms with Gasteiger partial charge < -0.3 is 19.5 Å². The molecule has 0 radical (unpaired) electrons. The Morgan fingerprint density at radius 1 is 0.882 bits per heavy atom. The molecule has 0 fully saturated rings. The molecule has 3 rings (SSSR count). The van der Waals surface area contributed by atoms with E-state index < -0.39 is 0 Å². The molecule has 0 aliphatic heterocycles. The first-order valence-electron chi connectivity index (χ1n) is 11.5. The molecule has 0 aliphatic rings. The van der Waals surface area contributed by atoms with Crippen molar-refractivity contribution >= 4 is 17.6 Å². The lowest BCUT2D eigenvalue weighted by atomic mass is 10.0. The maximum absolute atomic E-state index is 12.8. The Bertz CT molecular complexity index is 1070. The van der Waals surface area contributed by atoms with Gasteiger partial charge in [-0.3, -0.25) is 9.59 Å². The van der Waals surface area contributed by atoms with Crippen LogP contribution in [0.1, 0.15) is 55.5 Å². The molecule has 0 saturated heterocycles. The molecule has 0 bridgehead atoms. The smallest absolute Gasteiger partial charge is 0.305 e. The second-order valence-corrected chi connectivity index (χ2v) is 8.06. The SMILES string of the molecule is CCOC(=O)CCCOc1ccccc1C(=O)Nc1ccc(Oc2ccc(C(C)C)cc2)cc1. The molecular weight excluding hydrogens is 430 g/mol. The van der Waals surface area contributed by atoms with E-state index >= 15 is 0 Å². The number of carbonyl (C=O) groups excluding carboxylic acids is 2. The monoisotopic (exact) mass is 461 g/mol. The fourth-order valence-electron chi connectivity index (χ4n) is 3.27. The van der Waals surface area contributed by atoms with Gasteiger partial charge >= 0.3 is 5.97 Å². The highest BCUT2D eigenvalue weighted by atomic mass is 16.5. The van der Waals surface area contributed by atoms with Crippen molar-refractivity contribution in [3.63, 3.8) is 0 Å². The molecule has 0 unspecified atom stereocenters. The highest BCUT2D eigenvalue weighted by Gasteiger charge is 2.13. The second-order valence-electron chi connectivity index (χ2n) is 8.06. The van der Waals surface area contributed by atoms with E-state index in [9.17, 15) is 9.59 Å². The second kappa shape index (κ2) is 12.4. The number of para-hydroxylation sites is 1. The molecule has 1 N–H and O–H groups in total. The third-order valence-electron chi connectivity index (χ3n) is 5.11. The van der Waals surface area contributed by atoms with Crippen LogP contribution in [0.2, 0.25) is 0 Å². The Labute approximate surface area is 200 Å². The van der Waals surface area contributed by atoms with Gasteiger partial charge in [-0.05, 0) is 73.4 Å². The lowest BCUT2D eigenvalue weighted by Gasteiger charge is -2.12. The molecule has 0 aliphatic carbocycles. The summed E-state index contributed by atoms with van der Waals surface area (Å²) in [5, 5.41) is 2.89. The number of benzene rings is 3. The highest BCUT2D eigenvalue weighted by molar-refractivity contribution is 6.06. The van der Waals surface area contributed by atoms with Crippen molar-refractivity contribution in [3.05, 3.63) is 83.9 Å². The number of esters is 1. The molecule has 3 aromatic carbocycles. The van der Waals surface area contributed by atoms with Crippen molar-refractivity contribution in [2.24, 2.45) is 0 Å². The lowest BCUT2D eigenvalue weighted by molar-refractivity contribution is -0.143. The summed E-state index contributed by atoms with van der Waals surface area (Å²) in [4.78, 5) is 24.3. The van der Waals surface area contributed by atoms with Crippen LogP contribution in [0.15, 0.2) is 72.8 Å². The van der Waals surface area contributed by atoms with E-state index in [0.717, 1.165) is 5.75 Å². The molecular formula is C28H31NO5. The fourth-order valence-corrected chi connectivity index (χ4v) is 3.27. The number of hydrogen-bond donors (Lipinski definition) is 1. The van der Waals surface area contributed by atoms with E-state index in [-0.39, 0.29) is 18.3 Å². The zero-order chi connectivity index (χ0) is 24.3. The first kappa shape index (κ1) is 24.8. The van der Waals surface area contributed by atoms with Crippen molar-refractivity contribution < 1.29 is 23.8 Å². The Morgan fingerprint density at radius 2 is 1.53 bits per heavy atom. The third kappa shape index (κ3) is 7.37. The number of hydrogen-bond acceptors (Lipinski definition) is 5. The fraction of sp³-hybridized carbons (Fsp3) is 0.286. The van der Waals surface area contributed by atoms with Gasteiger partial charge in [0.25, 0.3) is 5.91 Å². The molecule has 3 aromatic rings. The minimum atomic E-state index is -0.279. The van der Waals surface area contributed by atoms with Crippen molar-refractivity contribution in [2.75, 3.05) is 18.5 Å². The summed E-state index contributed by atoms with van der Waals surface area (Å²) in [5.74, 6) is 1.85. The van der Waals surface area contributed by atoms with E-state index in [1.165, 1.54) is 5.56 Å². The summed E-state index contributed by atoms with van der Waals surface area (Å²) >= 11 is 0. The molecule has 0 atom stereocenters. The normalized spacial score (nSPS) is 10.6. The zero-order valence-electron chi connectivity index (χ0n) is 19.9. The van der Waals surface area contributed by atoms with Gasteiger partial charge in [0.05, 0.1) is 18.8 Å². The summed E-state index contributed by atoms with van der Waals surface area (Å²) in [7, 11) is 0. The van der Waals surface area contributed by atoms with Crippen LogP contribution in [0.3, 0.4) is 0 Å². The van der Waals surface area contributed by atoms with Gasteiger partial charge in [-0.2, -0.15) is 0 Å². The molecule has 0 heterocycles. The summed E-state index contributed by atoms with van der Waals surface area (Å²) < 4.78 is 16.6. The number of carbonyl (C=O) groups is 2. The van der Waals surface area contributed by atoms with Gasteiger partial charge in [-0.25, -0.2) is 0 Å². The first-order valence-corrected chi connectivity index (χ1v) is 11.5. The average Bonchev–Trinajstić information content (AvgIpc) is 2.84. The molecule has 6 heteroatoms. The zero-order valence-corrected chi connectivity index (χ0v) is 19.9. The predicted octanol–water partition coefficient (Wildman–Crippen LogP) is 6.58. The van der Waals surface area contributed by atoms with E-state index in [1.807, 2.05) is 24.3 Å². The van der Waals surface area contributed by atoms with Crippen molar-refractivity contribution in [3.8, 4) is 17.2 Å². The minimum Gasteiger partial charge on any atom is -0.493 e. The Balaban J connectivity index is 1.55. The van der Waals surface area contributed by atoms with Crippen LogP contribution in [0.25, 0.3) is 0 Å². The molecule has 34 heavy (non-hydrogen) atoms. The lowest BCUT2D eigenvalue weighted by Crippen LogP contribution is -2.14. The first-order chi connectivity index (χ1) is 16.5. The average molecular weight is 462 g/mol. The number of anilines is 1. The number of rotatable bonds is 11. The van der Waals surface area contributed by atoms with Gasteiger partial charge in [-0.15, -0.1) is 0 Å². The van der Waals surface area contributed by atoms with Crippen molar-refractivity contribution in [1.29, 1.82) is 0 Å². The summed E-state index contributed by atoms with van der Waals surface area (Å²) in [5.41, 5.74) is 2.32. The van der Waals surface area contributed by atoms with Crippen LogP contribution in [0, 0.1) is 0 Å². The molecule has 6 nitrogen and oxygen atoms in total. The molecule has 0 spiro atoms. The Morgan fingerprint density at radius 3 is 2.18 bits per heavy atom. The van der Waals surface area contributed by atoms with Crippen LogP contribution >= 0.6 is 0 Å². The number of amides is 1. The maximum atomic E-state index is 12.8. The van der Waals surface area contributed by atoms with Gasteiger partial charge in [0.2, 0.25) is 0 Å². The number of nitrogens with one attached hydrogen (secondary N) is 1.